The Balaban J connectivity index is 2.20. The van der Waals surface area contributed by atoms with Gasteiger partial charge >= 0.3 is 0 Å². The van der Waals surface area contributed by atoms with Gasteiger partial charge in [0, 0.05) is 31.2 Å². The second-order valence-corrected chi connectivity index (χ2v) is 8.63. The van der Waals surface area contributed by atoms with Gasteiger partial charge in [-0.1, -0.05) is 6.92 Å². The monoisotopic (exact) mass is 418 g/mol. The van der Waals surface area contributed by atoms with Gasteiger partial charge in [-0.2, -0.15) is 0 Å². The van der Waals surface area contributed by atoms with Gasteiger partial charge in [0.2, 0.25) is 10.0 Å². The van der Waals surface area contributed by atoms with Gasteiger partial charge in [-0.25, -0.2) is 13.1 Å². The minimum absolute atomic E-state index is 0.0792. The first kappa shape index (κ1) is 19.4. The Morgan fingerprint density at radius 3 is 2.67 bits per heavy atom. The molecule has 8 heteroatoms. The Morgan fingerprint density at radius 1 is 1.38 bits per heavy atom. The lowest BCUT2D eigenvalue weighted by molar-refractivity contribution is 0.0696. The van der Waals surface area contributed by atoms with Crippen molar-refractivity contribution in [3.8, 4) is 0 Å². The number of nitrogens with zero attached hydrogens (tertiary/aromatic N) is 1. The molecule has 1 aromatic carbocycles. The van der Waals surface area contributed by atoms with Gasteiger partial charge in [-0.3, -0.25) is 4.79 Å². The lowest BCUT2D eigenvalue weighted by Gasteiger charge is -2.30. The summed E-state index contributed by atoms with van der Waals surface area (Å²) in [5.41, 5.74) is 0.374. The van der Waals surface area contributed by atoms with Crippen LogP contribution in [0.2, 0.25) is 0 Å². The maximum absolute atomic E-state index is 12.7. The van der Waals surface area contributed by atoms with Gasteiger partial charge < -0.3 is 9.64 Å². The van der Waals surface area contributed by atoms with Crippen molar-refractivity contribution < 1.29 is 17.9 Å². The predicted octanol–water partition coefficient (Wildman–Crippen LogP) is 2.25. The molecular weight excluding hydrogens is 396 g/mol. The summed E-state index contributed by atoms with van der Waals surface area (Å²) in [6.07, 6.45) is 1.94. The zero-order chi connectivity index (χ0) is 17.7. The summed E-state index contributed by atoms with van der Waals surface area (Å²) < 4.78 is 32.5. The molecule has 24 heavy (non-hydrogen) atoms. The number of nitrogens with one attached hydrogen (secondary N) is 1. The van der Waals surface area contributed by atoms with Gasteiger partial charge in [0.1, 0.15) is 0 Å². The van der Waals surface area contributed by atoms with Crippen LogP contribution in [0, 0.1) is 5.92 Å². The number of likely N-dealkylation sites (tertiary alicyclic amines) is 1. The smallest absolute Gasteiger partial charge is 0.255 e. The predicted molar refractivity (Wildman–Crippen MR) is 95.5 cm³/mol. The average molecular weight is 419 g/mol. The van der Waals surface area contributed by atoms with E-state index >= 15 is 0 Å². The van der Waals surface area contributed by atoms with Crippen molar-refractivity contribution in [3.63, 3.8) is 0 Å². The van der Waals surface area contributed by atoms with Gasteiger partial charge in [0.15, 0.2) is 0 Å². The maximum Gasteiger partial charge on any atom is 0.255 e. The van der Waals surface area contributed by atoms with Crippen LogP contribution in [0.25, 0.3) is 0 Å². The average Bonchev–Trinajstić information content (AvgIpc) is 2.55. The number of halogens is 1. The van der Waals surface area contributed by atoms with Gasteiger partial charge in [-0.05, 0) is 52.9 Å². The number of ether oxygens (including phenoxy) is 1. The van der Waals surface area contributed by atoms with Crippen molar-refractivity contribution in [1.82, 2.24) is 9.62 Å². The Labute approximate surface area is 151 Å². The van der Waals surface area contributed by atoms with Crippen LogP contribution in [0.5, 0.6) is 0 Å². The van der Waals surface area contributed by atoms with E-state index in [0.717, 1.165) is 12.8 Å². The molecule has 0 saturated carbocycles. The number of carbonyl (C=O) groups excluding carboxylic acids is 1. The van der Waals surface area contributed by atoms with Crippen molar-refractivity contribution in [2.24, 2.45) is 5.92 Å². The number of hydrogen-bond acceptors (Lipinski definition) is 4. The lowest BCUT2D eigenvalue weighted by atomic mass is 9.98. The van der Waals surface area contributed by atoms with Crippen LogP contribution in [0.3, 0.4) is 0 Å². The van der Waals surface area contributed by atoms with E-state index in [1.807, 2.05) is 0 Å². The molecule has 1 N–H and O–H groups in total. The normalized spacial score (nSPS) is 16.4. The summed E-state index contributed by atoms with van der Waals surface area (Å²) in [5, 5.41) is 0. The van der Waals surface area contributed by atoms with Crippen LogP contribution < -0.4 is 4.72 Å². The Hall–Kier alpha value is -0.960. The minimum atomic E-state index is -3.67. The van der Waals surface area contributed by atoms with E-state index < -0.39 is 10.0 Å². The fourth-order valence-electron chi connectivity index (χ4n) is 2.58. The summed E-state index contributed by atoms with van der Waals surface area (Å²) >= 11 is 3.36. The van der Waals surface area contributed by atoms with Gasteiger partial charge in [0.25, 0.3) is 5.91 Å². The highest BCUT2D eigenvalue weighted by Gasteiger charge is 2.24. The minimum Gasteiger partial charge on any atom is -0.383 e. The third-order valence-corrected chi connectivity index (χ3v) is 6.30. The van der Waals surface area contributed by atoms with E-state index in [1.165, 1.54) is 19.2 Å². The van der Waals surface area contributed by atoms with E-state index in [0.29, 0.717) is 29.0 Å². The third-order valence-electron chi connectivity index (χ3n) is 4.15. The molecule has 1 fully saturated rings. The molecule has 0 atom stereocenters. The summed E-state index contributed by atoms with van der Waals surface area (Å²) in [6.45, 7) is 4.05. The van der Waals surface area contributed by atoms with Crippen molar-refractivity contribution in [2.45, 2.75) is 24.7 Å². The molecule has 1 aliphatic heterocycles. The summed E-state index contributed by atoms with van der Waals surface area (Å²) in [5.74, 6) is 0.483. The van der Waals surface area contributed by atoms with Crippen LogP contribution in [0.15, 0.2) is 27.6 Å². The van der Waals surface area contributed by atoms with Crippen LogP contribution in [0.1, 0.15) is 30.1 Å². The zero-order valence-electron chi connectivity index (χ0n) is 13.9. The Kier molecular flexibility index (Phi) is 6.79. The second kappa shape index (κ2) is 8.42. The first-order valence-corrected chi connectivity index (χ1v) is 10.2. The SMILES string of the molecule is COCCNS(=O)(=O)c1ccc(Br)c(C(=O)N2CCC(C)CC2)c1. The second-order valence-electron chi connectivity index (χ2n) is 6.01. The molecular formula is C16H23BrN2O4S. The standard InChI is InChI=1S/C16H23BrN2O4S/c1-12-5-8-19(9-6-12)16(20)14-11-13(3-4-15(14)17)24(21,22)18-7-10-23-2/h3-4,11-12,18H,5-10H2,1-2H3. The van der Waals surface area contributed by atoms with Crippen LogP contribution >= 0.6 is 15.9 Å². The number of rotatable bonds is 6. The molecule has 0 aromatic heterocycles. The number of carbonyl (C=O) groups is 1. The van der Waals surface area contributed by atoms with E-state index in [2.05, 4.69) is 27.6 Å². The number of sulfonamides is 1. The fourth-order valence-corrected chi connectivity index (χ4v) is 4.03. The van der Waals surface area contributed by atoms with Crippen LogP contribution in [-0.2, 0) is 14.8 Å². The molecule has 0 radical (unpaired) electrons. The first-order chi connectivity index (χ1) is 11.3. The molecule has 1 aromatic rings. The summed E-state index contributed by atoms with van der Waals surface area (Å²) in [6, 6.07) is 4.51. The first-order valence-electron chi connectivity index (χ1n) is 7.92. The Bertz CT molecular complexity index is 685. The van der Waals surface area contributed by atoms with E-state index in [-0.39, 0.29) is 24.0 Å². The lowest BCUT2D eigenvalue weighted by Crippen LogP contribution is -2.38. The van der Waals surface area contributed by atoms with E-state index in [1.54, 1.807) is 11.0 Å². The number of benzene rings is 1. The summed E-state index contributed by atoms with van der Waals surface area (Å²) in [7, 11) is -2.16. The molecule has 0 aliphatic carbocycles. The molecule has 2 rings (SSSR count). The number of methoxy groups -OCH3 is 1. The van der Waals surface area contributed by atoms with E-state index in [9.17, 15) is 13.2 Å². The maximum atomic E-state index is 12.7. The summed E-state index contributed by atoms with van der Waals surface area (Å²) in [4.78, 5) is 14.6. The van der Waals surface area contributed by atoms with Crippen molar-refractivity contribution in [2.75, 3.05) is 33.4 Å². The molecule has 1 saturated heterocycles. The fraction of sp³-hybridized carbons (Fsp3) is 0.562. The molecule has 1 amide bonds. The van der Waals surface area contributed by atoms with Gasteiger partial charge in [0.05, 0.1) is 17.1 Å². The highest BCUT2D eigenvalue weighted by molar-refractivity contribution is 9.10. The van der Waals surface area contributed by atoms with Gasteiger partial charge in [-0.15, -0.1) is 0 Å². The molecule has 0 bridgehead atoms. The van der Waals surface area contributed by atoms with Crippen molar-refractivity contribution >= 4 is 31.9 Å². The topological polar surface area (TPSA) is 75.7 Å². The highest BCUT2D eigenvalue weighted by atomic mass is 79.9. The molecule has 1 aliphatic rings. The molecule has 0 spiro atoms. The number of hydrogen-bond donors (Lipinski definition) is 1. The van der Waals surface area contributed by atoms with Crippen LogP contribution in [0.4, 0.5) is 0 Å². The van der Waals surface area contributed by atoms with Crippen LogP contribution in [-0.4, -0.2) is 52.6 Å². The largest absolute Gasteiger partial charge is 0.383 e. The van der Waals surface area contributed by atoms with Crippen molar-refractivity contribution in [3.05, 3.63) is 28.2 Å². The molecule has 0 unspecified atom stereocenters. The zero-order valence-corrected chi connectivity index (χ0v) is 16.3. The number of amides is 1. The molecule has 1 heterocycles. The quantitative estimate of drug-likeness (QED) is 0.718. The Morgan fingerprint density at radius 2 is 2.04 bits per heavy atom. The highest BCUT2D eigenvalue weighted by Crippen LogP contribution is 2.25. The van der Waals surface area contributed by atoms with Crippen molar-refractivity contribution in [1.29, 1.82) is 0 Å². The molecule has 134 valence electrons. The number of piperidine rings is 1. The third kappa shape index (κ3) is 4.78. The molecule has 6 nitrogen and oxygen atoms in total. The van der Waals surface area contributed by atoms with E-state index in [4.69, 9.17) is 4.74 Å².